The summed E-state index contributed by atoms with van der Waals surface area (Å²) < 4.78 is 88.7. The number of hydrogen-bond donors (Lipinski definition) is 4. The first-order chi connectivity index (χ1) is 27.5. The molecule has 25 heteroatoms. The van der Waals surface area contributed by atoms with E-state index in [9.17, 15) is 26.4 Å². The van der Waals surface area contributed by atoms with Crippen molar-refractivity contribution in [1.29, 1.82) is 0 Å². The van der Waals surface area contributed by atoms with Crippen LogP contribution in [-0.4, -0.2) is 145 Å². The number of ketones is 1. The molecule has 0 atom stereocenters. The summed E-state index contributed by atoms with van der Waals surface area (Å²) in [5.41, 5.74) is 1.61. The predicted octanol–water partition coefficient (Wildman–Crippen LogP) is 3.25. The summed E-state index contributed by atoms with van der Waals surface area (Å²) in [6.07, 6.45) is 12.6. The third-order valence-corrected chi connectivity index (χ3v) is 10.4. The number of Topliss-reactive ketones (excluding diaryl/α,β-unsaturated/α-hetero) is 1. The van der Waals surface area contributed by atoms with E-state index < -0.39 is 30.7 Å². The fourth-order valence-corrected chi connectivity index (χ4v) is 7.35. The molecule has 5 saturated heterocycles. The standard InChI is InChI=1S/C9H15NO5S.2C8H13NO3.C8H12O3.CH3ClO2S.CH4.ClH.H3NO/c1-16(11,12)15-10-8-2-4-9(5-3-8)13-6-7-14-9;10-9-7-1-3-8(4-2-7)11-5-6-12-8;10-7-1-2-8(3-4-9-7)11-5-6-12-8;9-7-1-3-8(4-2-7)10-5-6-11-8;1-5(2,3)4;;;1-2/h2-7H2,1H3;10H,1-6H2;1-6H2,(H,9,10);1-6H2;1H3;1H4;1H;2H,1H2. The van der Waals surface area contributed by atoms with Crippen LogP contribution in [0.5, 0.6) is 0 Å². The van der Waals surface area contributed by atoms with Gasteiger partial charge in [0.15, 0.2) is 23.1 Å². The van der Waals surface area contributed by atoms with Crippen molar-refractivity contribution in [1.82, 2.24) is 5.32 Å². The van der Waals surface area contributed by atoms with Gasteiger partial charge >= 0.3 is 10.1 Å². The minimum absolute atomic E-state index is 0. The Morgan fingerprint density at radius 3 is 1.23 bits per heavy atom. The third kappa shape index (κ3) is 20.6. The van der Waals surface area contributed by atoms with E-state index in [-0.39, 0.29) is 37.3 Å². The summed E-state index contributed by atoms with van der Waals surface area (Å²) in [5.74, 6) is 2.34. The van der Waals surface area contributed by atoms with Crippen LogP contribution in [0.4, 0.5) is 0 Å². The van der Waals surface area contributed by atoms with Gasteiger partial charge in [-0.1, -0.05) is 17.7 Å². The van der Waals surface area contributed by atoms with Crippen LogP contribution in [0.1, 0.15) is 104 Å². The van der Waals surface area contributed by atoms with E-state index in [1.165, 1.54) is 0 Å². The van der Waals surface area contributed by atoms with E-state index in [0.29, 0.717) is 117 Å². The molecule has 5 heterocycles. The van der Waals surface area contributed by atoms with E-state index in [4.69, 9.17) is 48.3 Å². The highest BCUT2D eigenvalue weighted by molar-refractivity contribution is 8.13. The average Bonchev–Trinajstić information content (AvgIpc) is 4.02. The first kappa shape index (κ1) is 56.2. The number of carbonyl (C=O) groups excluding carboxylic acids is 2. The lowest BCUT2D eigenvalue weighted by Crippen LogP contribution is -2.35. The largest absolute Gasteiger partial charge is 0.411 e. The van der Waals surface area contributed by atoms with E-state index >= 15 is 0 Å². The summed E-state index contributed by atoms with van der Waals surface area (Å²) in [6.45, 7) is 6.03. The lowest BCUT2D eigenvalue weighted by atomic mass is 9.92. The quantitative estimate of drug-likeness (QED) is 0.176. The van der Waals surface area contributed by atoms with Gasteiger partial charge in [0.25, 0.3) is 0 Å². The SMILES string of the molecule is C.CS(=O)(=O)Cl.CS(=O)(=O)ON=C1CCC2(CC1)OCCO2.Cl.NO.O=C1CCC2(CC1)OCCO2.O=C1CCC2(CCN1)OCCO2.ON=C1CCC2(CC1)OCCO2. The van der Waals surface area contributed by atoms with Crippen molar-refractivity contribution < 1.29 is 79.0 Å². The number of hydrogen-bond acceptors (Lipinski definition) is 20. The fourth-order valence-electron chi connectivity index (χ4n) is 7.11. The summed E-state index contributed by atoms with van der Waals surface area (Å²) in [7, 11) is -2.19. The van der Waals surface area contributed by atoms with E-state index in [1.54, 1.807) is 0 Å². The molecule has 3 aliphatic carbocycles. The Bertz CT molecular complexity index is 1540. The summed E-state index contributed by atoms with van der Waals surface area (Å²) in [4.78, 5) is 21.9. The highest BCUT2D eigenvalue weighted by atomic mass is 35.7. The molecule has 5 N–H and O–H groups in total. The highest BCUT2D eigenvalue weighted by Crippen LogP contribution is 2.36. The van der Waals surface area contributed by atoms with E-state index in [0.717, 1.165) is 68.9 Å². The van der Waals surface area contributed by atoms with Crippen molar-refractivity contribution in [3.05, 3.63) is 0 Å². The first-order valence-corrected chi connectivity index (χ1v) is 23.7. The Balaban J connectivity index is 0.000000379. The van der Waals surface area contributed by atoms with Crippen LogP contribution >= 0.6 is 23.1 Å². The molecule has 3 saturated carbocycles. The number of rotatable bonds is 2. The van der Waals surface area contributed by atoms with Gasteiger partial charge in [0.2, 0.25) is 15.0 Å². The van der Waals surface area contributed by atoms with Crippen molar-refractivity contribution in [3.8, 4) is 0 Å². The Labute approximate surface area is 363 Å². The average molecular weight is 948 g/mol. The highest BCUT2D eigenvalue weighted by Gasteiger charge is 2.42. The molecule has 60 heavy (non-hydrogen) atoms. The molecule has 0 radical (unpaired) electrons. The zero-order valence-corrected chi connectivity index (χ0v) is 36.8. The monoisotopic (exact) mass is 946 g/mol. The van der Waals surface area contributed by atoms with Crippen LogP contribution in [0.2, 0.25) is 0 Å². The number of oxime groups is 2. The molecule has 0 aromatic heterocycles. The Morgan fingerprint density at radius 1 is 0.600 bits per heavy atom. The maximum Gasteiger partial charge on any atom is 0.325 e. The Kier molecular flexibility index (Phi) is 25.0. The Hall–Kier alpha value is -1.84. The lowest BCUT2D eigenvalue weighted by Gasteiger charge is -2.31. The van der Waals surface area contributed by atoms with Crippen molar-refractivity contribution in [2.75, 3.05) is 71.9 Å². The summed E-state index contributed by atoms with van der Waals surface area (Å²) in [5, 5.41) is 24.7. The van der Waals surface area contributed by atoms with Gasteiger partial charge < -0.3 is 53.6 Å². The van der Waals surface area contributed by atoms with Crippen molar-refractivity contribution >= 4 is 65.4 Å². The zero-order chi connectivity index (χ0) is 42.8. The second-order valence-electron chi connectivity index (χ2n) is 14.4. The van der Waals surface area contributed by atoms with Crippen LogP contribution in [0.3, 0.4) is 0 Å². The molecular formula is C35H64Cl2N4O17S2. The van der Waals surface area contributed by atoms with Crippen LogP contribution in [0.25, 0.3) is 0 Å². The lowest BCUT2D eigenvalue weighted by molar-refractivity contribution is -0.179. The predicted molar refractivity (Wildman–Crippen MR) is 219 cm³/mol. The number of nitrogens with one attached hydrogen (secondary N) is 1. The number of ether oxygens (including phenoxy) is 8. The van der Waals surface area contributed by atoms with Gasteiger partial charge in [-0.15, -0.1) is 12.4 Å². The van der Waals surface area contributed by atoms with E-state index in [1.807, 2.05) is 0 Å². The maximum absolute atomic E-state index is 11.0. The van der Waals surface area contributed by atoms with Crippen LogP contribution in [-0.2, 0) is 70.9 Å². The molecule has 1 amide bonds. The normalized spacial score (nSPS) is 24.4. The van der Waals surface area contributed by atoms with E-state index in [2.05, 4.69) is 36.5 Å². The molecular weight excluding hydrogens is 883 g/mol. The molecule has 8 fully saturated rings. The van der Waals surface area contributed by atoms with Crippen molar-refractivity contribution in [2.45, 2.75) is 127 Å². The van der Waals surface area contributed by atoms with Gasteiger partial charge in [0, 0.05) is 87.9 Å². The van der Waals surface area contributed by atoms with Crippen LogP contribution in [0.15, 0.2) is 10.3 Å². The maximum atomic E-state index is 11.0. The third-order valence-electron chi connectivity index (χ3n) is 10.0. The molecule has 352 valence electrons. The second kappa shape index (κ2) is 26.7. The number of carbonyl (C=O) groups is 2. The molecule has 0 aromatic rings. The van der Waals surface area contributed by atoms with Crippen LogP contribution < -0.4 is 11.2 Å². The first-order valence-electron chi connectivity index (χ1n) is 19.1. The van der Waals surface area contributed by atoms with Gasteiger partial charge in [0.05, 0.1) is 76.8 Å². The van der Waals surface area contributed by atoms with Gasteiger partial charge in [0.1, 0.15) is 5.78 Å². The second-order valence-corrected chi connectivity index (χ2v) is 19.0. The van der Waals surface area contributed by atoms with Crippen molar-refractivity contribution in [2.24, 2.45) is 16.2 Å². The molecule has 0 unspecified atom stereocenters. The number of amides is 1. The summed E-state index contributed by atoms with van der Waals surface area (Å²) in [6, 6.07) is 0. The molecule has 4 spiro atoms. The number of nitrogens with two attached hydrogens (primary N) is 1. The topological polar surface area (TPSA) is 289 Å². The zero-order valence-electron chi connectivity index (χ0n) is 33.6. The fraction of sp³-hybridized carbons (Fsp3) is 0.886. The molecule has 0 bridgehead atoms. The molecule has 8 rings (SSSR count). The number of nitrogens with zero attached hydrogens (tertiary/aromatic N) is 2. The Morgan fingerprint density at radius 2 is 0.900 bits per heavy atom. The molecule has 8 aliphatic rings. The molecule has 0 aromatic carbocycles. The minimum Gasteiger partial charge on any atom is -0.411 e. The van der Waals surface area contributed by atoms with Gasteiger partial charge in [-0.25, -0.2) is 14.3 Å². The summed E-state index contributed by atoms with van der Waals surface area (Å²) >= 11 is 0. The number of halogens is 2. The smallest absolute Gasteiger partial charge is 0.325 e. The molecule has 21 nitrogen and oxygen atoms in total. The van der Waals surface area contributed by atoms with Gasteiger partial charge in [-0.3, -0.25) is 13.9 Å². The van der Waals surface area contributed by atoms with Crippen LogP contribution in [0, 0.1) is 0 Å². The van der Waals surface area contributed by atoms with Gasteiger partial charge in [-0.2, -0.15) is 8.42 Å². The minimum atomic E-state index is -3.50. The van der Waals surface area contributed by atoms with Crippen molar-refractivity contribution in [3.63, 3.8) is 0 Å². The molecule has 5 aliphatic heterocycles. The van der Waals surface area contributed by atoms with Gasteiger partial charge in [-0.05, 0) is 25.7 Å².